The summed E-state index contributed by atoms with van der Waals surface area (Å²) in [6.07, 6.45) is -0.376. The van der Waals surface area contributed by atoms with Crippen LogP contribution in [0, 0.1) is 0 Å². The molecule has 1 aromatic carbocycles. The first-order valence-electron chi connectivity index (χ1n) is 6.08. The van der Waals surface area contributed by atoms with E-state index in [1.54, 1.807) is 0 Å². The third kappa shape index (κ3) is 2.79. The molecule has 0 saturated carbocycles. The van der Waals surface area contributed by atoms with Gasteiger partial charge in [0.25, 0.3) is 0 Å². The minimum atomic E-state index is -4.74. The number of hydrogen-bond donors (Lipinski definition) is 0. The molecule has 1 amide bonds. The van der Waals surface area contributed by atoms with Crippen molar-refractivity contribution < 1.29 is 17.1 Å². The van der Waals surface area contributed by atoms with Gasteiger partial charge < -0.3 is 0 Å². The zero-order valence-electron chi connectivity index (χ0n) is 10.6. The van der Waals surface area contributed by atoms with Gasteiger partial charge in [-0.15, -0.1) is 3.89 Å². The van der Waals surface area contributed by atoms with E-state index in [0.29, 0.717) is 5.01 Å². The fourth-order valence-electron chi connectivity index (χ4n) is 2.08. The van der Waals surface area contributed by atoms with Crippen molar-refractivity contribution in [2.24, 2.45) is 0 Å². The van der Waals surface area contributed by atoms with Crippen molar-refractivity contribution >= 4 is 33.6 Å². The van der Waals surface area contributed by atoms with Crippen LogP contribution < -0.4 is 4.90 Å². The number of carbonyl (C=O) groups excluding carboxylic acids is 1. The fourth-order valence-corrected chi connectivity index (χ4v) is 3.42. The smallest absolute Gasteiger partial charge is 0.278 e. The standard InChI is InChI=1S/C12H10FN3O3S2/c13-21(18,19)9-6-10(17)16(7-9)12-14-11(20-15-12)8-4-2-1-3-5-8/h1-5,9H,6-7H2. The van der Waals surface area contributed by atoms with Crippen LogP contribution in [0.1, 0.15) is 6.42 Å². The summed E-state index contributed by atoms with van der Waals surface area (Å²) in [5.41, 5.74) is 0.850. The lowest BCUT2D eigenvalue weighted by atomic mass is 10.2. The second-order valence-corrected chi connectivity index (χ2v) is 6.94. The van der Waals surface area contributed by atoms with Gasteiger partial charge in [0, 0.05) is 18.5 Å². The van der Waals surface area contributed by atoms with Gasteiger partial charge in [-0.1, -0.05) is 30.3 Å². The number of rotatable bonds is 3. The highest BCUT2D eigenvalue weighted by Gasteiger charge is 2.40. The summed E-state index contributed by atoms with van der Waals surface area (Å²) in [6, 6.07) is 9.27. The molecule has 110 valence electrons. The van der Waals surface area contributed by atoms with E-state index in [1.807, 2.05) is 30.3 Å². The van der Waals surface area contributed by atoms with Crippen LogP contribution in [0.2, 0.25) is 0 Å². The van der Waals surface area contributed by atoms with Crippen molar-refractivity contribution in [3.8, 4) is 10.6 Å². The summed E-state index contributed by atoms with van der Waals surface area (Å²) < 4.78 is 38.8. The van der Waals surface area contributed by atoms with Crippen molar-refractivity contribution in [2.75, 3.05) is 11.4 Å². The number of halogens is 1. The van der Waals surface area contributed by atoms with E-state index in [1.165, 1.54) is 0 Å². The molecule has 1 aliphatic rings. The molecule has 21 heavy (non-hydrogen) atoms. The molecule has 0 radical (unpaired) electrons. The number of amides is 1. The number of aromatic nitrogens is 2. The molecule has 1 saturated heterocycles. The van der Waals surface area contributed by atoms with Crippen LogP contribution in [0.4, 0.5) is 9.83 Å². The molecule has 0 N–H and O–H groups in total. The monoisotopic (exact) mass is 327 g/mol. The average Bonchev–Trinajstić information content (AvgIpc) is 3.05. The van der Waals surface area contributed by atoms with Gasteiger partial charge in [-0.25, -0.2) is 0 Å². The number of hydrogen-bond acceptors (Lipinski definition) is 6. The molecule has 2 heterocycles. The van der Waals surface area contributed by atoms with Crippen LogP contribution in [0.5, 0.6) is 0 Å². The maximum atomic E-state index is 13.0. The normalized spacial score (nSPS) is 19.2. The Morgan fingerprint density at radius 1 is 1.29 bits per heavy atom. The molecular weight excluding hydrogens is 317 g/mol. The molecule has 1 unspecified atom stereocenters. The summed E-state index contributed by atoms with van der Waals surface area (Å²) in [4.78, 5) is 17.1. The molecule has 6 nitrogen and oxygen atoms in total. The molecule has 1 atom stereocenters. The zero-order chi connectivity index (χ0) is 15.0. The van der Waals surface area contributed by atoms with Crippen LogP contribution in [0.3, 0.4) is 0 Å². The topological polar surface area (TPSA) is 80.2 Å². The van der Waals surface area contributed by atoms with Crippen molar-refractivity contribution in [3.63, 3.8) is 0 Å². The van der Waals surface area contributed by atoms with Crippen LogP contribution in [-0.2, 0) is 15.0 Å². The van der Waals surface area contributed by atoms with Crippen molar-refractivity contribution in [1.29, 1.82) is 0 Å². The third-order valence-electron chi connectivity index (χ3n) is 3.17. The first-order valence-corrected chi connectivity index (χ1v) is 8.30. The SMILES string of the molecule is O=C1CC(S(=O)(=O)F)CN1c1nsc(-c2ccccc2)n1. The highest BCUT2D eigenvalue weighted by atomic mass is 32.3. The zero-order valence-corrected chi connectivity index (χ0v) is 12.3. The quantitative estimate of drug-likeness (QED) is 0.800. The van der Waals surface area contributed by atoms with E-state index in [-0.39, 0.29) is 18.9 Å². The van der Waals surface area contributed by atoms with E-state index in [9.17, 15) is 17.1 Å². The predicted molar refractivity (Wildman–Crippen MR) is 76.1 cm³/mol. The van der Waals surface area contributed by atoms with Crippen molar-refractivity contribution in [3.05, 3.63) is 30.3 Å². The van der Waals surface area contributed by atoms with E-state index in [0.717, 1.165) is 22.0 Å². The number of benzene rings is 1. The Bertz CT molecular complexity index is 776. The average molecular weight is 327 g/mol. The summed E-state index contributed by atoms with van der Waals surface area (Å²) in [5.74, 6) is -0.367. The number of anilines is 1. The minimum absolute atomic E-state index is 0.120. The lowest BCUT2D eigenvalue weighted by Gasteiger charge is -2.10. The van der Waals surface area contributed by atoms with Crippen LogP contribution in [0.25, 0.3) is 10.6 Å². The van der Waals surface area contributed by atoms with E-state index >= 15 is 0 Å². The largest absolute Gasteiger partial charge is 0.307 e. The fraction of sp³-hybridized carbons (Fsp3) is 0.250. The number of carbonyl (C=O) groups is 1. The molecule has 9 heteroatoms. The Labute approximate surface area is 124 Å². The van der Waals surface area contributed by atoms with E-state index in [4.69, 9.17) is 0 Å². The highest BCUT2D eigenvalue weighted by Crippen LogP contribution is 2.28. The maximum absolute atomic E-state index is 13.0. The molecule has 1 fully saturated rings. The van der Waals surface area contributed by atoms with Gasteiger partial charge in [0.05, 0.1) is 0 Å². The first kappa shape index (κ1) is 14.1. The summed E-state index contributed by atoms with van der Waals surface area (Å²) in [5, 5.41) is -0.723. The Morgan fingerprint density at radius 2 is 2.00 bits per heavy atom. The second-order valence-electron chi connectivity index (χ2n) is 4.57. The van der Waals surface area contributed by atoms with E-state index in [2.05, 4.69) is 9.36 Å². The summed E-state index contributed by atoms with van der Waals surface area (Å²) in [6.45, 7) is -0.247. The van der Waals surface area contributed by atoms with Crippen LogP contribution >= 0.6 is 11.5 Å². The Kier molecular flexibility index (Phi) is 3.46. The molecule has 0 spiro atoms. The van der Waals surface area contributed by atoms with Gasteiger partial charge in [0.1, 0.15) is 10.3 Å². The van der Waals surface area contributed by atoms with Gasteiger partial charge in [-0.2, -0.15) is 17.8 Å². The van der Waals surface area contributed by atoms with Gasteiger partial charge in [-0.05, 0) is 11.5 Å². The van der Waals surface area contributed by atoms with E-state index < -0.39 is 21.4 Å². The van der Waals surface area contributed by atoms with Gasteiger partial charge >= 0.3 is 10.2 Å². The third-order valence-corrected chi connectivity index (χ3v) is 5.03. The lowest BCUT2D eigenvalue weighted by Crippen LogP contribution is -2.27. The molecule has 1 aromatic heterocycles. The van der Waals surface area contributed by atoms with Gasteiger partial charge in [0.15, 0.2) is 0 Å². The van der Waals surface area contributed by atoms with Crippen molar-refractivity contribution in [1.82, 2.24) is 9.36 Å². The molecule has 2 aromatic rings. The molecule has 3 rings (SSSR count). The molecule has 0 bridgehead atoms. The van der Waals surface area contributed by atoms with Crippen molar-refractivity contribution in [2.45, 2.75) is 11.7 Å². The first-order chi connectivity index (χ1) is 9.95. The van der Waals surface area contributed by atoms with Crippen LogP contribution in [0.15, 0.2) is 30.3 Å². The number of nitrogens with zero attached hydrogens (tertiary/aromatic N) is 3. The van der Waals surface area contributed by atoms with Gasteiger partial charge in [-0.3, -0.25) is 9.69 Å². The Hall–Kier alpha value is -1.87. The summed E-state index contributed by atoms with van der Waals surface area (Å²) >= 11 is 1.10. The lowest BCUT2D eigenvalue weighted by molar-refractivity contribution is -0.117. The van der Waals surface area contributed by atoms with Gasteiger partial charge in [0.2, 0.25) is 11.9 Å². The predicted octanol–water partition coefficient (Wildman–Crippen LogP) is 1.61. The maximum Gasteiger partial charge on any atom is 0.307 e. The molecular formula is C12H10FN3O3S2. The Morgan fingerprint density at radius 3 is 2.62 bits per heavy atom. The molecule has 1 aliphatic heterocycles. The van der Waals surface area contributed by atoms with Crippen LogP contribution in [-0.4, -0.2) is 35.5 Å². The highest BCUT2D eigenvalue weighted by molar-refractivity contribution is 7.87. The minimum Gasteiger partial charge on any atom is -0.278 e. The second kappa shape index (κ2) is 5.15. The summed E-state index contributed by atoms with van der Waals surface area (Å²) in [7, 11) is -4.74. The molecule has 0 aliphatic carbocycles. The Balaban J connectivity index is 1.86.